The fourth-order valence-corrected chi connectivity index (χ4v) is 3.62. The molecule has 4 heteroatoms. The molecule has 0 saturated heterocycles. The minimum atomic E-state index is -0.297. The van der Waals surface area contributed by atoms with Gasteiger partial charge in [-0.1, -0.05) is 6.92 Å². The second-order valence-electron chi connectivity index (χ2n) is 3.95. The molecule has 0 fully saturated rings. The first-order valence-corrected chi connectivity index (χ1v) is 6.49. The normalized spacial score (nSPS) is 24.2. The van der Waals surface area contributed by atoms with E-state index in [9.17, 15) is 8.78 Å². The van der Waals surface area contributed by atoms with E-state index in [1.54, 1.807) is 18.8 Å². The number of fused-ring (bicyclic) bond motifs is 1. The van der Waals surface area contributed by atoms with Crippen molar-refractivity contribution in [1.82, 2.24) is 5.32 Å². The predicted molar refractivity (Wildman–Crippen MR) is 63.5 cm³/mol. The van der Waals surface area contributed by atoms with Gasteiger partial charge in [0.2, 0.25) is 0 Å². The van der Waals surface area contributed by atoms with Crippen LogP contribution in [0.2, 0.25) is 0 Å². The van der Waals surface area contributed by atoms with E-state index in [4.69, 9.17) is 0 Å². The Hall–Kier alpha value is -0.610. The highest BCUT2D eigenvalue weighted by Crippen LogP contribution is 2.41. The van der Waals surface area contributed by atoms with Crippen LogP contribution in [0.4, 0.5) is 8.78 Å². The molecule has 2 atom stereocenters. The number of benzene rings is 1. The fraction of sp³-hybridized carbons (Fsp3) is 0.500. The molecule has 1 heterocycles. The van der Waals surface area contributed by atoms with E-state index in [1.807, 2.05) is 0 Å². The first-order valence-electron chi connectivity index (χ1n) is 5.44. The van der Waals surface area contributed by atoms with Crippen LogP contribution < -0.4 is 5.32 Å². The van der Waals surface area contributed by atoms with E-state index < -0.39 is 0 Å². The topological polar surface area (TPSA) is 12.0 Å². The summed E-state index contributed by atoms with van der Waals surface area (Å²) in [5, 5.41) is 3.42. The van der Waals surface area contributed by atoms with Gasteiger partial charge in [-0.2, -0.15) is 11.8 Å². The highest BCUT2D eigenvalue weighted by atomic mass is 32.2. The van der Waals surface area contributed by atoms with E-state index >= 15 is 0 Å². The van der Waals surface area contributed by atoms with Gasteiger partial charge < -0.3 is 5.32 Å². The van der Waals surface area contributed by atoms with Crippen LogP contribution in [0.3, 0.4) is 0 Å². The number of thioether (sulfide) groups is 1. The SMILES string of the molecule is CCC1SCc2c(F)ccc(F)c2C1NC. The highest BCUT2D eigenvalue weighted by Gasteiger charge is 2.31. The van der Waals surface area contributed by atoms with Gasteiger partial charge in [-0.3, -0.25) is 0 Å². The standard InChI is InChI=1S/C12H15F2NS/c1-3-10-12(15-2)11-7(6-16-10)8(13)4-5-9(11)14/h4-5,10,12,15H,3,6H2,1-2H3. The number of nitrogens with one attached hydrogen (secondary N) is 1. The van der Waals surface area contributed by atoms with Crippen LogP contribution in [0.25, 0.3) is 0 Å². The summed E-state index contributed by atoms with van der Waals surface area (Å²) < 4.78 is 27.4. The van der Waals surface area contributed by atoms with Gasteiger partial charge >= 0.3 is 0 Å². The fourth-order valence-electron chi connectivity index (χ4n) is 2.25. The van der Waals surface area contributed by atoms with Crippen LogP contribution in [-0.2, 0) is 5.75 Å². The van der Waals surface area contributed by atoms with Crippen molar-refractivity contribution < 1.29 is 8.78 Å². The molecule has 2 unspecified atom stereocenters. The summed E-state index contributed by atoms with van der Waals surface area (Å²) in [6, 6.07) is 2.35. The lowest BCUT2D eigenvalue weighted by Gasteiger charge is -2.32. The van der Waals surface area contributed by atoms with E-state index in [0.29, 0.717) is 22.1 Å². The Morgan fingerprint density at radius 2 is 2.06 bits per heavy atom. The molecule has 1 N–H and O–H groups in total. The lowest BCUT2D eigenvalue weighted by atomic mass is 9.95. The molecule has 2 rings (SSSR count). The maximum atomic E-state index is 13.8. The zero-order chi connectivity index (χ0) is 11.7. The van der Waals surface area contributed by atoms with Crippen molar-refractivity contribution in [3.63, 3.8) is 0 Å². The Morgan fingerprint density at radius 3 is 2.69 bits per heavy atom. The molecular formula is C12H15F2NS. The predicted octanol–water partition coefficient (Wildman–Crippen LogP) is 3.25. The Kier molecular flexibility index (Phi) is 3.50. The minimum absolute atomic E-state index is 0.0885. The maximum absolute atomic E-state index is 13.8. The third-order valence-electron chi connectivity index (χ3n) is 3.08. The average Bonchev–Trinajstić information content (AvgIpc) is 2.32. The molecule has 0 bridgehead atoms. The number of hydrogen-bond donors (Lipinski definition) is 1. The van der Waals surface area contributed by atoms with E-state index in [0.717, 1.165) is 6.42 Å². The van der Waals surface area contributed by atoms with Crippen molar-refractivity contribution in [2.24, 2.45) is 0 Å². The molecule has 1 aromatic rings. The summed E-state index contributed by atoms with van der Waals surface area (Å²) in [5.41, 5.74) is 1.04. The van der Waals surface area contributed by atoms with Crippen LogP contribution in [0.15, 0.2) is 12.1 Å². The molecule has 0 saturated carbocycles. The molecule has 16 heavy (non-hydrogen) atoms. The van der Waals surface area contributed by atoms with Crippen molar-refractivity contribution >= 4 is 11.8 Å². The quantitative estimate of drug-likeness (QED) is 0.855. The molecule has 88 valence electrons. The van der Waals surface area contributed by atoms with E-state index in [1.165, 1.54) is 12.1 Å². The lowest BCUT2D eigenvalue weighted by Crippen LogP contribution is -2.32. The van der Waals surface area contributed by atoms with Crippen LogP contribution in [0.5, 0.6) is 0 Å². The molecule has 1 aromatic carbocycles. The molecule has 1 aliphatic rings. The summed E-state index contributed by atoms with van der Waals surface area (Å²) in [5.74, 6) is -0.0245. The summed E-state index contributed by atoms with van der Waals surface area (Å²) in [6.45, 7) is 2.07. The largest absolute Gasteiger partial charge is 0.312 e. The van der Waals surface area contributed by atoms with Crippen molar-refractivity contribution in [2.75, 3.05) is 7.05 Å². The molecular weight excluding hydrogens is 228 g/mol. The van der Waals surface area contributed by atoms with Gasteiger partial charge in [0.05, 0.1) is 0 Å². The van der Waals surface area contributed by atoms with E-state index in [2.05, 4.69) is 12.2 Å². The Bertz CT molecular complexity index is 395. The highest BCUT2D eigenvalue weighted by molar-refractivity contribution is 7.99. The summed E-state index contributed by atoms with van der Waals surface area (Å²) >= 11 is 1.69. The molecule has 0 spiro atoms. The van der Waals surface area contributed by atoms with Crippen LogP contribution in [0.1, 0.15) is 30.5 Å². The summed E-state index contributed by atoms with van der Waals surface area (Å²) in [4.78, 5) is 0. The van der Waals surface area contributed by atoms with Crippen molar-refractivity contribution in [3.8, 4) is 0 Å². The van der Waals surface area contributed by atoms with Crippen LogP contribution in [0, 0.1) is 11.6 Å². The Labute approximate surface area is 98.6 Å². The third-order valence-corrected chi connectivity index (χ3v) is 4.57. The van der Waals surface area contributed by atoms with Gasteiger partial charge in [0.25, 0.3) is 0 Å². The number of halogens is 2. The average molecular weight is 243 g/mol. The summed E-state index contributed by atoms with van der Waals surface area (Å²) in [6.07, 6.45) is 0.950. The molecule has 0 radical (unpaired) electrons. The van der Waals surface area contributed by atoms with Gasteiger partial charge in [-0.05, 0) is 25.6 Å². The first-order chi connectivity index (χ1) is 7.69. The van der Waals surface area contributed by atoms with Crippen molar-refractivity contribution in [3.05, 3.63) is 34.9 Å². The summed E-state index contributed by atoms with van der Waals surface area (Å²) in [7, 11) is 1.80. The number of rotatable bonds is 2. The van der Waals surface area contributed by atoms with Crippen LogP contribution in [-0.4, -0.2) is 12.3 Å². The maximum Gasteiger partial charge on any atom is 0.128 e. The van der Waals surface area contributed by atoms with Crippen molar-refractivity contribution in [2.45, 2.75) is 30.4 Å². The molecule has 1 aliphatic heterocycles. The second kappa shape index (κ2) is 4.72. The smallest absolute Gasteiger partial charge is 0.128 e. The van der Waals surface area contributed by atoms with Crippen molar-refractivity contribution in [1.29, 1.82) is 0 Å². The Balaban J connectivity index is 2.51. The monoisotopic (exact) mass is 243 g/mol. The van der Waals surface area contributed by atoms with Gasteiger partial charge in [0.15, 0.2) is 0 Å². The lowest BCUT2D eigenvalue weighted by molar-refractivity contribution is 0.493. The molecule has 1 nitrogen and oxygen atoms in total. The van der Waals surface area contributed by atoms with Gasteiger partial charge in [0, 0.05) is 28.2 Å². The Morgan fingerprint density at radius 1 is 1.38 bits per heavy atom. The zero-order valence-corrected chi connectivity index (χ0v) is 10.2. The number of hydrogen-bond acceptors (Lipinski definition) is 2. The molecule has 0 aliphatic carbocycles. The first kappa shape index (κ1) is 11.9. The third kappa shape index (κ3) is 1.84. The van der Waals surface area contributed by atoms with Gasteiger partial charge in [-0.15, -0.1) is 0 Å². The second-order valence-corrected chi connectivity index (χ2v) is 5.17. The van der Waals surface area contributed by atoms with Gasteiger partial charge in [0.1, 0.15) is 11.6 Å². The molecule has 0 aromatic heterocycles. The zero-order valence-electron chi connectivity index (χ0n) is 9.39. The molecule has 0 amide bonds. The minimum Gasteiger partial charge on any atom is -0.312 e. The van der Waals surface area contributed by atoms with Gasteiger partial charge in [-0.25, -0.2) is 8.78 Å². The van der Waals surface area contributed by atoms with Crippen LogP contribution >= 0.6 is 11.8 Å². The van der Waals surface area contributed by atoms with E-state index in [-0.39, 0.29) is 17.7 Å².